The summed E-state index contributed by atoms with van der Waals surface area (Å²) in [4.78, 5) is 30.7. The van der Waals surface area contributed by atoms with Crippen molar-refractivity contribution in [1.29, 1.82) is 0 Å². The molecule has 0 unspecified atom stereocenters. The molecular formula is C58H115O7Zr. The maximum absolute atomic E-state index is 10.2. The van der Waals surface area contributed by atoms with Crippen LogP contribution in [0.25, 0.3) is 0 Å². The molecule has 0 spiro atoms. The predicted octanol–water partition coefficient (Wildman–Crippen LogP) is 15.3. The Morgan fingerprint density at radius 2 is 0.455 bits per heavy atom. The quantitative estimate of drug-likeness (QED) is 0.0599. The molecule has 0 aliphatic heterocycles. The molecule has 0 saturated heterocycles. The van der Waals surface area contributed by atoms with Crippen molar-refractivity contribution in [2.24, 2.45) is 17.8 Å². The Morgan fingerprint density at radius 1 is 0.303 bits per heavy atom. The molecular weight excluding hydrogens is 900 g/mol. The molecule has 0 fully saturated rings. The minimum Gasteiger partial charge on any atom is -0.550 e. The number of unbranched alkanes of at least 4 members (excludes halogenated alkanes) is 34. The number of carboxylic acids is 3. The van der Waals surface area contributed by atoms with Crippen molar-refractivity contribution < 1.29 is 61.0 Å². The van der Waals surface area contributed by atoms with Crippen LogP contribution in [0.3, 0.4) is 0 Å². The van der Waals surface area contributed by atoms with Crippen molar-refractivity contribution in [1.82, 2.24) is 0 Å². The molecule has 8 heteroatoms. The third-order valence-electron chi connectivity index (χ3n) is 12.2. The van der Waals surface area contributed by atoms with Crippen molar-refractivity contribution in [3.63, 3.8) is 0 Å². The summed E-state index contributed by atoms with van der Waals surface area (Å²) in [6.45, 7) is 16.2. The Morgan fingerprint density at radius 3 is 0.561 bits per heavy atom. The molecule has 0 aliphatic rings. The van der Waals surface area contributed by atoms with E-state index in [1.54, 1.807) is 0 Å². The van der Waals surface area contributed by atoms with Gasteiger partial charge in [-0.2, -0.15) is 0 Å². The fourth-order valence-electron chi connectivity index (χ4n) is 7.93. The first-order valence-electron chi connectivity index (χ1n) is 28.5. The van der Waals surface area contributed by atoms with Gasteiger partial charge < -0.3 is 34.8 Å². The van der Waals surface area contributed by atoms with Crippen molar-refractivity contribution in [3.8, 4) is 0 Å². The Labute approximate surface area is 431 Å². The van der Waals surface area contributed by atoms with Gasteiger partial charge in [0.15, 0.2) is 0 Å². The van der Waals surface area contributed by atoms with Crippen LogP contribution in [0.5, 0.6) is 0 Å². The third-order valence-corrected chi connectivity index (χ3v) is 12.2. The molecule has 393 valence electrons. The van der Waals surface area contributed by atoms with E-state index < -0.39 is 17.9 Å². The van der Waals surface area contributed by atoms with Crippen molar-refractivity contribution in [2.45, 2.75) is 331 Å². The molecule has 66 heavy (non-hydrogen) atoms. The van der Waals surface area contributed by atoms with E-state index in [0.29, 0.717) is 6.61 Å². The van der Waals surface area contributed by atoms with Crippen LogP contribution in [0.4, 0.5) is 0 Å². The van der Waals surface area contributed by atoms with Gasteiger partial charge >= 0.3 is 26.2 Å². The molecule has 0 atom stereocenters. The van der Waals surface area contributed by atoms with Gasteiger partial charge in [0.25, 0.3) is 0 Å². The summed E-state index contributed by atoms with van der Waals surface area (Å²) in [5, 5.41) is 38.7. The third kappa shape index (κ3) is 89.8. The molecule has 0 saturated carbocycles. The summed E-state index contributed by atoms with van der Waals surface area (Å²) in [7, 11) is 0. The molecule has 0 bridgehead atoms. The van der Waals surface area contributed by atoms with E-state index in [1.807, 2.05) is 0 Å². The predicted molar refractivity (Wildman–Crippen MR) is 275 cm³/mol. The van der Waals surface area contributed by atoms with E-state index in [2.05, 4.69) is 48.5 Å². The van der Waals surface area contributed by atoms with Crippen LogP contribution in [-0.4, -0.2) is 29.6 Å². The Hall–Kier alpha value is -0.747. The molecule has 0 amide bonds. The second kappa shape index (κ2) is 66.3. The fourth-order valence-corrected chi connectivity index (χ4v) is 7.93. The zero-order chi connectivity index (χ0) is 49.3. The van der Waals surface area contributed by atoms with Gasteiger partial charge in [-0.25, -0.2) is 0 Å². The van der Waals surface area contributed by atoms with Crippen LogP contribution in [0, 0.1) is 17.8 Å². The summed E-state index contributed by atoms with van der Waals surface area (Å²) in [6.07, 6.45) is 53.0. The zero-order valence-corrected chi connectivity index (χ0v) is 47.9. The number of hydrogen-bond donors (Lipinski definition) is 1. The zero-order valence-electron chi connectivity index (χ0n) is 45.4. The van der Waals surface area contributed by atoms with Crippen molar-refractivity contribution in [3.05, 3.63) is 0 Å². The molecule has 0 aromatic rings. The summed E-state index contributed by atoms with van der Waals surface area (Å²) in [6, 6.07) is 0. The number of rotatable bonds is 47. The van der Waals surface area contributed by atoms with Crippen LogP contribution in [0.2, 0.25) is 0 Å². The summed E-state index contributed by atoms with van der Waals surface area (Å²) < 4.78 is 0. The fraction of sp³-hybridized carbons (Fsp3) is 0.948. The number of aliphatic hydroxyl groups is 1. The van der Waals surface area contributed by atoms with E-state index in [-0.39, 0.29) is 45.5 Å². The van der Waals surface area contributed by atoms with Gasteiger partial charge in [0.1, 0.15) is 0 Å². The SMILES string of the molecule is CC(C)CCCCCCCCCCCCCCC(=O)[O-].CC(C)CCCCCCCCCCCCCCC(=O)[O-].CC(C)CCCCCCCCCCCCCCC(=O)[O-].CCCCO.[Zr+3]. The normalized spacial score (nSPS) is 10.8. The van der Waals surface area contributed by atoms with Gasteiger partial charge in [-0.05, 0) is 62.7 Å². The molecule has 0 aromatic heterocycles. The number of aliphatic hydroxyl groups excluding tert-OH is 1. The van der Waals surface area contributed by atoms with Gasteiger partial charge in [0.2, 0.25) is 0 Å². The molecule has 1 N–H and O–H groups in total. The summed E-state index contributed by atoms with van der Waals surface area (Å²) in [5.74, 6) is -0.125. The number of aliphatic carboxylic acids is 3. The van der Waals surface area contributed by atoms with Crippen molar-refractivity contribution in [2.75, 3.05) is 6.61 Å². The Kier molecular flexibility index (Phi) is 74.6. The maximum atomic E-state index is 10.2. The number of carbonyl (C=O) groups is 3. The molecule has 0 aromatic carbocycles. The second-order valence-corrected chi connectivity index (χ2v) is 20.7. The van der Waals surface area contributed by atoms with Gasteiger partial charge in [-0.15, -0.1) is 0 Å². The Balaban J connectivity index is -0.000000265. The van der Waals surface area contributed by atoms with Crippen LogP contribution in [0.15, 0.2) is 0 Å². The van der Waals surface area contributed by atoms with E-state index in [1.165, 1.54) is 212 Å². The minimum atomic E-state index is -0.904. The molecule has 7 nitrogen and oxygen atoms in total. The first-order valence-corrected chi connectivity index (χ1v) is 28.5. The Bertz CT molecular complexity index is 799. The summed E-state index contributed by atoms with van der Waals surface area (Å²) in [5.41, 5.74) is 0. The monoisotopic (exact) mass is 1010 g/mol. The standard InChI is InChI=1S/3C18H36O2.C4H10O.Zr/c3*1-17(2)15-13-11-9-7-5-3-4-6-8-10-12-14-16-18(19)20;1-2-3-4-5;/h3*17H,3-16H2,1-2H3,(H,19,20);5H,2-4H2,1H3;/q;;;;+3/p-3. The maximum Gasteiger partial charge on any atom is 3.00 e. The van der Waals surface area contributed by atoms with Crippen molar-refractivity contribution >= 4 is 17.9 Å². The number of carbonyl (C=O) groups excluding carboxylic acids is 3. The van der Waals surface area contributed by atoms with E-state index in [9.17, 15) is 29.7 Å². The van der Waals surface area contributed by atoms with Gasteiger partial charge in [-0.3, -0.25) is 0 Å². The van der Waals surface area contributed by atoms with Crippen LogP contribution in [-0.2, 0) is 40.6 Å². The summed E-state index contributed by atoms with van der Waals surface area (Å²) >= 11 is 0. The van der Waals surface area contributed by atoms with Gasteiger partial charge in [0, 0.05) is 24.5 Å². The van der Waals surface area contributed by atoms with Gasteiger partial charge in [0.05, 0.1) is 0 Å². The topological polar surface area (TPSA) is 141 Å². The van der Waals surface area contributed by atoms with Crippen LogP contribution < -0.4 is 15.3 Å². The first-order chi connectivity index (χ1) is 31.3. The van der Waals surface area contributed by atoms with E-state index in [4.69, 9.17) is 5.11 Å². The first kappa shape index (κ1) is 74.2. The number of hydrogen-bond acceptors (Lipinski definition) is 7. The number of carboxylic acid groups (broad SMARTS) is 3. The molecule has 0 rings (SSSR count). The molecule has 1 radical (unpaired) electrons. The smallest absolute Gasteiger partial charge is 0.550 e. The van der Waals surface area contributed by atoms with Crippen LogP contribution >= 0.6 is 0 Å². The van der Waals surface area contributed by atoms with Crippen LogP contribution in [0.1, 0.15) is 331 Å². The van der Waals surface area contributed by atoms with E-state index in [0.717, 1.165) is 69.1 Å². The van der Waals surface area contributed by atoms with Gasteiger partial charge in [-0.1, -0.05) is 286 Å². The van der Waals surface area contributed by atoms with E-state index >= 15 is 0 Å². The molecule has 0 heterocycles. The largest absolute Gasteiger partial charge is 3.00 e. The second-order valence-electron chi connectivity index (χ2n) is 20.7. The average molecular weight is 1020 g/mol. The molecule has 0 aliphatic carbocycles. The minimum absolute atomic E-state index is 0. The average Bonchev–Trinajstić information content (AvgIpc) is 3.24.